The van der Waals surface area contributed by atoms with Gasteiger partial charge in [0.25, 0.3) is 0 Å². The lowest BCUT2D eigenvalue weighted by Crippen LogP contribution is -2.65. The average molecular weight is 759 g/mol. The average Bonchev–Trinajstić information content (AvgIpc) is 3.64. The normalized spacial score (nSPS) is 43.4. The molecule has 3 saturated carbocycles. The standard InChI is InChI=1S/C43H70N2O9/c1-6-7-8-9-10-27-23-54-38(24(27)2)39(51)41(5,52)34-15-18-43(53)36-28(19-31(47)25(3)46)37(50)30-20-32(48)33(49)21-42(30,29(36)14-16-40(34,43)4)17-13-26-11-12-35(44)45-22-26/h11-12,22,24-25,27,29-35,38-39,45-49,51-53H,6-10,13-21,23,44H2,1-5H3/t24-,25-,27+,29-,30-,31-,32+,33-,34-,35?,38+,39+,40+,41+,42+,43+/m0/s1. The molecule has 0 amide bonds. The second-order valence-corrected chi connectivity index (χ2v) is 18.8. The van der Waals surface area contributed by atoms with Crippen LogP contribution >= 0.6 is 0 Å². The summed E-state index contributed by atoms with van der Waals surface area (Å²) >= 11 is 0. The van der Waals surface area contributed by atoms with Crippen molar-refractivity contribution in [3.63, 3.8) is 0 Å². The third kappa shape index (κ3) is 7.10. The summed E-state index contributed by atoms with van der Waals surface area (Å²) in [6.07, 6.45) is 7.67. The lowest BCUT2D eigenvalue weighted by molar-refractivity contribution is -0.196. The summed E-state index contributed by atoms with van der Waals surface area (Å²) < 4.78 is 6.25. The second-order valence-electron chi connectivity index (χ2n) is 18.8. The molecule has 6 aliphatic rings. The molecule has 4 fully saturated rings. The Hall–Kier alpha value is -1.67. The van der Waals surface area contributed by atoms with E-state index in [0.717, 1.165) is 24.8 Å². The molecule has 54 heavy (non-hydrogen) atoms. The first-order chi connectivity index (χ1) is 25.4. The molecular weight excluding hydrogens is 688 g/mol. The highest BCUT2D eigenvalue weighted by molar-refractivity contribution is 6.00. The van der Waals surface area contributed by atoms with Crippen LogP contribution in [0.25, 0.3) is 0 Å². The van der Waals surface area contributed by atoms with E-state index in [9.17, 15) is 40.5 Å². The lowest BCUT2D eigenvalue weighted by atomic mass is 9.42. The molecule has 1 unspecified atom stereocenters. The Bertz CT molecular complexity index is 1460. The summed E-state index contributed by atoms with van der Waals surface area (Å²) in [5.41, 5.74) is 2.91. The molecule has 0 bridgehead atoms. The number of hydrogen-bond donors (Lipinski definition) is 9. The van der Waals surface area contributed by atoms with E-state index < -0.39 is 70.5 Å². The van der Waals surface area contributed by atoms with E-state index in [4.69, 9.17) is 10.5 Å². The Morgan fingerprint density at radius 1 is 1.09 bits per heavy atom. The first-order valence-electron chi connectivity index (χ1n) is 21.1. The molecule has 306 valence electrons. The van der Waals surface area contributed by atoms with Crippen LogP contribution in [-0.4, -0.2) is 102 Å². The lowest BCUT2D eigenvalue weighted by Gasteiger charge is -2.63. The number of fused-ring (bicyclic) bond motifs is 5. The van der Waals surface area contributed by atoms with E-state index in [1.165, 1.54) is 19.8 Å². The van der Waals surface area contributed by atoms with Gasteiger partial charge in [-0.15, -0.1) is 0 Å². The first-order valence-corrected chi connectivity index (χ1v) is 21.1. The van der Waals surface area contributed by atoms with Crippen molar-refractivity contribution in [3.05, 3.63) is 35.1 Å². The van der Waals surface area contributed by atoms with Crippen molar-refractivity contribution in [2.24, 2.45) is 46.2 Å². The summed E-state index contributed by atoms with van der Waals surface area (Å²) in [6.45, 7) is 9.97. The fourth-order valence-electron chi connectivity index (χ4n) is 12.3. The number of ether oxygens (including phenoxy) is 1. The van der Waals surface area contributed by atoms with Crippen molar-refractivity contribution in [2.75, 3.05) is 6.61 Å². The molecule has 0 aromatic rings. The highest BCUT2D eigenvalue weighted by Gasteiger charge is 2.71. The van der Waals surface area contributed by atoms with Gasteiger partial charge < -0.3 is 51.5 Å². The van der Waals surface area contributed by atoms with Crippen LogP contribution in [0.3, 0.4) is 0 Å². The summed E-state index contributed by atoms with van der Waals surface area (Å²) in [4.78, 5) is 15.0. The zero-order valence-electron chi connectivity index (χ0n) is 33.3. The Morgan fingerprint density at radius 3 is 2.50 bits per heavy atom. The maximum Gasteiger partial charge on any atom is 0.162 e. The SMILES string of the molecule is CCCCCC[C@@H]1CO[C@@H]([C@@H](O)[C@](C)(O)[C@H]2CC[C@@]3(O)C4=C(C[C@H](O)[C@H](C)O)C(=O)[C@@H]5C[C@@H](O)[C@@H](O)C[C@]5(CCC5=CNC(N)C=C5)[C@H]4CC[C@]23C)[C@H]1C. The molecule has 6 rings (SSSR count). The van der Waals surface area contributed by atoms with Crippen LogP contribution < -0.4 is 11.1 Å². The van der Waals surface area contributed by atoms with E-state index in [2.05, 4.69) is 19.2 Å². The number of nitrogens with two attached hydrogens (primary N) is 1. The van der Waals surface area contributed by atoms with Gasteiger partial charge in [-0.2, -0.15) is 0 Å². The van der Waals surface area contributed by atoms with E-state index in [1.54, 1.807) is 6.92 Å². The quantitative estimate of drug-likeness (QED) is 0.117. The van der Waals surface area contributed by atoms with Gasteiger partial charge in [-0.1, -0.05) is 52.5 Å². The summed E-state index contributed by atoms with van der Waals surface area (Å²) in [5, 5.41) is 84.9. The van der Waals surface area contributed by atoms with Crippen molar-refractivity contribution >= 4 is 5.78 Å². The number of carbonyl (C=O) groups is 1. The largest absolute Gasteiger partial charge is 0.391 e. The van der Waals surface area contributed by atoms with Crippen molar-refractivity contribution < 1.29 is 45.3 Å². The number of aliphatic hydroxyl groups excluding tert-OH is 5. The number of nitrogens with one attached hydrogen (secondary N) is 1. The number of Topliss-reactive ketones (excluding diaryl/α,β-unsaturated/α-hetero) is 1. The number of aliphatic hydroxyl groups is 7. The van der Waals surface area contributed by atoms with Gasteiger partial charge in [0.1, 0.15) is 6.10 Å². The minimum atomic E-state index is -1.63. The molecular formula is C43H70N2O9. The van der Waals surface area contributed by atoms with Gasteiger partial charge in [0.2, 0.25) is 0 Å². The maximum atomic E-state index is 15.0. The van der Waals surface area contributed by atoms with Crippen LogP contribution in [0, 0.1) is 40.4 Å². The fraction of sp³-hybridized carbons (Fsp3) is 0.837. The summed E-state index contributed by atoms with van der Waals surface area (Å²) in [6, 6.07) is 0. The van der Waals surface area contributed by atoms with E-state index in [-0.39, 0.29) is 49.5 Å². The molecule has 2 heterocycles. The maximum absolute atomic E-state index is 15.0. The Kier molecular flexibility index (Phi) is 12.4. The zero-order valence-corrected chi connectivity index (χ0v) is 33.3. The first kappa shape index (κ1) is 41.9. The number of dihydropyridines is 1. The molecule has 4 aliphatic carbocycles. The molecule has 11 nitrogen and oxygen atoms in total. The van der Waals surface area contributed by atoms with Crippen molar-refractivity contribution in [1.82, 2.24) is 5.32 Å². The highest BCUT2D eigenvalue weighted by Crippen LogP contribution is 2.71. The van der Waals surface area contributed by atoms with Gasteiger partial charge >= 0.3 is 0 Å². The summed E-state index contributed by atoms with van der Waals surface area (Å²) in [5.74, 6) is -1.47. The van der Waals surface area contributed by atoms with E-state index >= 15 is 0 Å². The molecule has 16 atom stereocenters. The number of allylic oxidation sites excluding steroid dienone is 2. The number of carbonyl (C=O) groups excluding carboxylic acids is 1. The molecule has 0 aromatic carbocycles. The Labute approximate surface area is 322 Å². The van der Waals surface area contributed by atoms with Crippen LogP contribution in [0.5, 0.6) is 0 Å². The van der Waals surface area contributed by atoms with Gasteiger partial charge in [-0.25, -0.2) is 0 Å². The minimum Gasteiger partial charge on any atom is -0.391 e. The van der Waals surface area contributed by atoms with E-state index in [1.807, 2.05) is 25.3 Å². The Morgan fingerprint density at radius 2 is 1.83 bits per heavy atom. The van der Waals surface area contributed by atoms with Gasteiger partial charge in [0.05, 0.1) is 54.5 Å². The predicted octanol–water partition coefficient (Wildman–Crippen LogP) is 3.51. The van der Waals surface area contributed by atoms with Gasteiger partial charge in [-0.3, -0.25) is 4.79 Å². The van der Waals surface area contributed by atoms with Gasteiger partial charge in [0.15, 0.2) is 5.78 Å². The molecule has 2 aliphatic heterocycles. The third-order valence-electron chi connectivity index (χ3n) is 15.7. The van der Waals surface area contributed by atoms with Crippen LogP contribution in [0.4, 0.5) is 0 Å². The topological polar surface area (TPSA) is 206 Å². The molecule has 1 saturated heterocycles. The number of ketones is 1. The fourth-order valence-corrected chi connectivity index (χ4v) is 12.3. The van der Waals surface area contributed by atoms with Crippen LogP contribution in [0.1, 0.15) is 125 Å². The minimum absolute atomic E-state index is 0.0501. The molecule has 0 spiro atoms. The Balaban J connectivity index is 1.37. The second kappa shape index (κ2) is 15.9. The highest BCUT2D eigenvalue weighted by atomic mass is 16.5. The van der Waals surface area contributed by atoms with Crippen molar-refractivity contribution in [3.8, 4) is 0 Å². The molecule has 11 heteroatoms. The van der Waals surface area contributed by atoms with Crippen LogP contribution in [0.2, 0.25) is 0 Å². The third-order valence-corrected chi connectivity index (χ3v) is 15.7. The van der Waals surface area contributed by atoms with Crippen LogP contribution in [-0.2, 0) is 9.53 Å². The monoisotopic (exact) mass is 759 g/mol. The number of unbranched alkanes of at least 4 members (excludes halogenated alkanes) is 3. The predicted molar refractivity (Wildman–Crippen MR) is 205 cm³/mol. The molecule has 10 N–H and O–H groups in total. The smallest absolute Gasteiger partial charge is 0.162 e. The number of hydrogen-bond acceptors (Lipinski definition) is 11. The van der Waals surface area contributed by atoms with Crippen molar-refractivity contribution in [1.29, 1.82) is 0 Å². The molecule has 0 aromatic heterocycles. The summed E-state index contributed by atoms with van der Waals surface area (Å²) in [7, 11) is 0. The number of rotatable bonds is 14. The molecule has 0 radical (unpaired) electrons. The zero-order chi connectivity index (χ0) is 39.4. The van der Waals surface area contributed by atoms with Gasteiger partial charge in [-0.05, 0) is 118 Å². The van der Waals surface area contributed by atoms with E-state index in [0.29, 0.717) is 55.8 Å². The van der Waals surface area contributed by atoms with Crippen molar-refractivity contribution in [2.45, 2.75) is 179 Å². The van der Waals surface area contributed by atoms with Gasteiger partial charge in [0, 0.05) is 29.5 Å². The van der Waals surface area contributed by atoms with Crippen LogP contribution in [0.15, 0.2) is 35.1 Å².